The van der Waals surface area contributed by atoms with E-state index in [2.05, 4.69) is 60.7 Å². The molecule has 0 aliphatic rings. The van der Waals surface area contributed by atoms with Gasteiger partial charge in [-0.25, -0.2) is 8.42 Å². The van der Waals surface area contributed by atoms with E-state index in [1.807, 2.05) is 42.5 Å². The van der Waals surface area contributed by atoms with Gasteiger partial charge in [-0.15, -0.1) is 0 Å². The minimum absolute atomic E-state index is 0.121. The number of sulfonamides is 1. The van der Waals surface area contributed by atoms with Crippen LogP contribution in [-0.4, -0.2) is 19.5 Å². The van der Waals surface area contributed by atoms with E-state index in [-0.39, 0.29) is 10.6 Å². The molecule has 0 saturated carbocycles. The molecule has 5 aromatic rings. The zero-order chi connectivity index (χ0) is 24.6. The molecule has 0 aliphatic carbocycles. The highest BCUT2D eigenvalue weighted by molar-refractivity contribution is 9.10. The van der Waals surface area contributed by atoms with Gasteiger partial charge in [-0.3, -0.25) is 4.31 Å². The van der Waals surface area contributed by atoms with Crippen molar-refractivity contribution in [2.45, 2.75) is 17.9 Å². The summed E-state index contributed by atoms with van der Waals surface area (Å²) in [5.41, 5.74) is 9.15. The number of para-hydroxylation sites is 2. The highest BCUT2D eigenvalue weighted by atomic mass is 79.9. The van der Waals surface area contributed by atoms with Crippen LogP contribution in [0.4, 0.5) is 11.4 Å². The number of hydrogen-bond donors (Lipinski definition) is 1. The van der Waals surface area contributed by atoms with Crippen molar-refractivity contribution in [3.05, 3.63) is 99.9 Å². The van der Waals surface area contributed by atoms with E-state index in [0.29, 0.717) is 25.2 Å². The van der Waals surface area contributed by atoms with E-state index in [0.717, 1.165) is 30.8 Å². The molecule has 1 heterocycles. The van der Waals surface area contributed by atoms with E-state index in [1.165, 1.54) is 4.31 Å². The van der Waals surface area contributed by atoms with Crippen LogP contribution in [-0.2, 0) is 16.6 Å². The Kier molecular flexibility index (Phi) is 6.61. The minimum Gasteiger partial charge on any atom is -0.398 e. The number of nitrogens with zero attached hydrogens (tertiary/aromatic N) is 2. The first-order valence-electron chi connectivity index (χ1n) is 11.2. The van der Waals surface area contributed by atoms with Crippen LogP contribution in [0.15, 0.2) is 105 Å². The van der Waals surface area contributed by atoms with Crippen molar-refractivity contribution < 1.29 is 8.42 Å². The largest absolute Gasteiger partial charge is 0.398 e. The molecule has 5 nitrogen and oxygen atoms in total. The second kappa shape index (κ2) is 9.68. The normalized spacial score (nSPS) is 11.8. The number of halogens is 2. The third-order valence-corrected chi connectivity index (χ3v) is 8.95. The maximum atomic E-state index is 13.7. The first-order chi connectivity index (χ1) is 16.9. The smallest absolute Gasteiger partial charge is 0.266 e. The Morgan fingerprint density at radius 2 is 1.34 bits per heavy atom. The highest BCUT2D eigenvalue weighted by Gasteiger charge is 2.26. The molecule has 0 fully saturated rings. The average molecular weight is 613 g/mol. The Morgan fingerprint density at radius 1 is 0.771 bits per heavy atom. The van der Waals surface area contributed by atoms with Gasteiger partial charge in [0, 0.05) is 43.8 Å². The van der Waals surface area contributed by atoms with Crippen LogP contribution in [0.2, 0.25) is 0 Å². The quantitative estimate of drug-likeness (QED) is 0.198. The summed E-state index contributed by atoms with van der Waals surface area (Å²) < 4.78 is 33.1. The monoisotopic (exact) mass is 611 g/mol. The van der Waals surface area contributed by atoms with Crippen molar-refractivity contribution in [1.82, 2.24) is 4.57 Å². The first kappa shape index (κ1) is 23.9. The fraction of sp³-hybridized carbons (Fsp3) is 0.111. The molecule has 8 heteroatoms. The molecule has 0 bridgehead atoms. The van der Waals surface area contributed by atoms with Gasteiger partial charge >= 0.3 is 0 Å². The molecule has 178 valence electrons. The van der Waals surface area contributed by atoms with Crippen molar-refractivity contribution in [2.75, 3.05) is 16.6 Å². The molecule has 0 spiro atoms. The SMILES string of the molecule is Nc1ccccc1S(=O)(=O)N(CCCn1c2ccc(Br)cc2c2cc(Br)ccc21)c1ccccc1. The van der Waals surface area contributed by atoms with E-state index < -0.39 is 10.0 Å². The number of nitrogens with two attached hydrogens (primary N) is 1. The van der Waals surface area contributed by atoms with Crippen LogP contribution in [0.5, 0.6) is 0 Å². The summed E-state index contributed by atoms with van der Waals surface area (Å²) in [6.45, 7) is 0.974. The third-order valence-electron chi connectivity index (χ3n) is 6.06. The number of aromatic nitrogens is 1. The third kappa shape index (κ3) is 4.58. The maximum Gasteiger partial charge on any atom is 0.266 e. The van der Waals surface area contributed by atoms with Crippen LogP contribution >= 0.6 is 31.9 Å². The van der Waals surface area contributed by atoms with Crippen LogP contribution in [0.25, 0.3) is 21.8 Å². The number of nitrogen functional groups attached to an aromatic ring is 1. The Morgan fingerprint density at radius 3 is 1.94 bits per heavy atom. The average Bonchev–Trinajstić information content (AvgIpc) is 3.14. The molecule has 2 N–H and O–H groups in total. The number of hydrogen-bond acceptors (Lipinski definition) is 3. The summed E-state index contributed by atoms with van der Waals surface area (Å²) in [6, 6.07) is 28.3. The van der Waals surface area contributed by atoms with Crippen molar-refractivity contribution >= 4 is 75.1 Å². The van der Waals surface area contributed by atoms with Gasteiger partial charge in [-0.1, -0.05) is 62.2 Å². The van der Waals surface area contributed by atoms with Crippen LogP contribution in [0.1, 0.15) is 6.42 Å². The first-order valence-corrected chi connectivity index (χ1v) is 14.2. The zero-order valence-electron chi connectivity index (χ0n) is 18.7. The second-order valence-corrected chi connectivity index (χ2v) is 11.9. The Balaban J connectivity index is 1.51. The summed E-state index contributed by atoms with van der Waals surface area (Å²) in [6.07, 6.45) is 0.617. The molecule has 35 heavy (non-hydrogen) atoms. The van der Waals surface area contributed by atoms with Gasteiger partial charge in [0.15, 0.2) is 0 Å². The van der Waals surface area contributed by atoms with Crippen LogP contribution < -0.4 is 10.0 Å². The van der Waals surface area contributed by atoms with Gasteiger partial charge in [0.1, 0.15) is 4.90 Å². The standard InChI is InChI=1S/C27H23Br2N3O2S/c28-19-11-13-25-22(17-19)23-18-20(29)12-14-26(23)31(25)15-6-16-32(21-7-2-1-3-8-21)35(33,34)27-10-5-4-9-24(27)30/h1-5,7-14,17-18H,6,15-16,30H2. The van der Waals surface area contributed by atoms with E-state index in [1.54, 1.807) is 24.3 Å². The molecule has 0 unspecified atom stereocenters. The van der Waals surface area contributed by atoms with Crippen molar-refractivity contribution in [3.8, 4) is 0 Å². The molecule has 0 aliphatic heterocycles. The number of benzene rings is 4. The lowest BCUT2D eigenvalue weighted by molar-refractivity contribution is 0.586. The van der Waals surface area contributed by atoms with Gasteiger partial charge in [0.05, 0.1) is 11.4 Å². The summed E-state index contributed by atoms with van der Waals surface area (Å²) in [5, 5.41) is 2.31. The van der Waals surface area contributed by atoms with Gasteiger partial charge in [-0.05, 0) is 67.1 Å². The van der Waals surface area contributed by atoms with E-state index in [9.17, 15) is 8.42 Å². The summed E-state index contributed by atoms with van der Waals surface area (Å²) in [5.74, 6) is 0. The Labute approximate surface area is 221 Å². The number of anilines is 2. The van der Waals surface area contributed by atoms with Gasteiger partial charge in [0.2, 0.25) is 0 Å². The highest BCUT2D eigenvalue weighted by Crippen LogP contribution is 2.34. The number of aryl methyl sites for hydroxylation is 1. The number of rotatable bonds is 7. The molecular formula is C27H23Br2N3O2S. The topological polar surface area (TPSA) is 68.3 Å². The van der Waals surface area contributed by atoms with E-state index >= 15 is 0 Å². The molecule has 0 amide bonds. The van der Waals surface area contributed by atoms with Crippen molar-refractivity contribution in [3.63, 3.8) is 0 Å². The van der Waals surface area contributed by atoms with Gasteiger partial charge in [0.25, 0.3) is 10.0 Å². The van der Waals surface area contributed by atoms with Gasteiger partial charge < -0.3 is 10.3 Å². The van der Waals surface area contributed by atoms with Crippen molar-refractivity contribution in [2.24, 2.45) is 0 Å². The lowest BCUT2D eigenvalue weighted by atomic mass is 10.2. The van der Waals surface area contributed by atoms with Crippen molar-refractivity contribution in [1.29, 1.82) is 0 Å². The number of fused-ring (bicyclic) bond motifs is 3. The lowest BCUT2D eigenvalue weighted by Crippen LogP contribution is -2.33. The predicted octanol–water partition coefficient (Wildman–Crippen LogP) is 7.19. The summed E-state index contributed by atoms with van der Waals surface area (Å²) in [7, 11) is -3.84. The molecule has 0 saturated heterocycles. The predicted molar refractivity (Wildman–Crippen MR) is 151 cm³/mol. The fourth-order valence-corrected chi connectivity index (χ4v) is 6.82. The minimum atomic E-state index is -3.84. The van der Waals surface area contributed by atoms with Gasteiger partial charge in [-0.2, -0.15) is 0 Å². The van der Waals surface area contributed by atoms with Crippen LogP contribution in [0.3, 0.4) is 0 Å². The molecule has 5 rings (SSSR count). The molecule has 0 radical (unpaired) electrons. The Bertz CT molecular complexity index is 1570. The summed E-state index contributed by atoms with van der Waals surface area (Å²) >= 11 is 7.18. The lowest BCUT2D eigenvalue weighted by Gasteiger charge is -2.25. The molecule has 4 aromatic carbocycles. The molecular weight excluding hydrogens is 590 g/mol. The Hall–Kier alpha value is -2.81. The fourth-order valence-electron chi connectivity index (χ4n) is 4.48. The summed E-state index contributed by atoms with van der Waals surface area (Å²) in [4.78, 5) is 0.121. The van der Waals surface area contributed by atoms with E-state index in [4.69, 9.17) is 5.73 Å². The molecule has 1 aromatic heterocycles. The molecule has 0 atom stereocenters. The van der Waals surface area contributed by atoms with Crippen LogP contribution in [0, 0.1) is 0 Å². The maximum absolute atomic E-state index is 13.7. The second-order valence-electron chi connectivity index (χ2n) is 8.28. The zero-order valence-corrected chi connectivity index (χ0v) is 22.7.